The first kappa shape index (κ1) is 20.3. The normalized spacial score (nSPS) is 13.6. The average molecular weight is 429 g/mol. The summed E-state index contributed by atoms with van der Waals surface area (Å²) >= 11 is 13.4. The van der Waals surface area contributed by atoms with E-state index < -0.39 is 0 Å². The minimum atomic E-state index is 0.0583. The van der Waals surface area contributed by atoms with E-state index in [1.807, 2.05) is 11.5 Å². The molecule has 1 N–H and O–H groups in total. The number of thioether (sulfide) groups is 1. The lowest BCUT2D eigenvalue weighted by atomic mass is 10.3. The maximum Gasteiger partial charge on any atom is 0.230 e. The lowest BCUT2D eigenvalue weighted by molar-refractivity contribution is -0.118. The van der Waals surface area contributed by atoms with Crippen molar-refractivity contribution in [1.29, 1.82) is 0 Å². The first-order chi connectivity index (χ1) is 13.1. The van der Waals surface area contributed by atoms with Crippen LogP contribution in [0.2, 0.25) is 10.0 Å². The molecular formula is C18H22Cl2N4O2S. The Labute approximate surface area is 173 Å². The Morgan fingerprint density at radius 3 is 2.89 bits per heavy atom. The molecule has 1 heterocycles. The van der Waals surface area contributed by atoms with Gasteiger partial charge < -0.3 is 14.6 Å². The number of rotatable bonds is 10. The maximum absolute atomic E-state index is 11.8. The Bertz CT molecular complexity index is 796. The molecule has 0 atom stereocenters. The van der Waals surface area contributed by atoms with Crippen LogP contribution in [0.25, 0.3) is 0 Å². The highest BCUT2D eigenvalue weighted by Gasteiger charge is 2.23. The minimum Gasteiger partial charge on any atom is -0.492 e. The minimum absolute atomic E-state index is 0.0583. The van der Waals surface area contributed by atoms with Gasteiger partial charge in [-0.05, 0) is 44.4 Å². The smallest absolute Gasteiger partial charge is 0.230 e. The predicted octanol–water partition coefficient (Wildman–Crippen LogP) is 3.99. The van der Waals surface area contributed by atoms with Crippen LogP contribution in [-0.4, -0.2) is 39.1 Å². The Balaban J connectivity index is 1.46. The first-order valence-corrected chi connectivity index (χ1v) is 10.7. The largest absolute Gasteiger partial charge is 0.492 e. The molecule has 3 rings (SSSR count). The first-order valence-electron chi connectivity index (χ1n) is 8.99. The molecule has 1 aromatic carbocycles. The molecule has 6 nitrogen and oxygen atoms in total. The number of carbonyl (C=O) groups excluding carboxylic acids is 1. The summed E-state index contributed by atoms with van der Waals surface area (Å²) in [6.45, 7) is 3.33. The van der Waals surface area contributed by atoms with Gasteiger partial charge in [-0.1, -0.05) is 35.0 Å². The fourth-order valence-corrected chi connectivity index (χ4v) is 3.86. The molecule has 0 saturated heterocycles. The molecule has 27 heavy (non-hydrogen) atoms. The summed E-state index contributed by atoms with van der Waals surface area (Å²) in [5.74, 6) is 1.94. The van der Waals surface area contributed by atoms with Gasteiger partial charge in [-0.3, -0.25) is 4.79 Å². The van der Waals surface area contributed by atoms with Gasteiger partial charge in [0, 0.05) is 24.0 Å². The van der Waals surface area contributed by atoms with Crippen LogP contribution >= 0.6 is 35.0 Å². The molecular weight excluding hydrogens is 407 g/mol. The van der Waals surface area contributed by atoms with Crippen LogP contribution in [0.1, 0.15) is 32.0 Å². The van der Waals surface area contributed by atoms with Crippen LogP contribution < -0.4 is 10.1 Å². The van der Waals surface area contributed by atoms with E-state index in [1.165, 1.54) is 11.8 Å². The molecule has 9 heteroatoms. The molecule has 0 unspecified atom stereocenters. The van der Waals surface area contributed by atoms with Crippen LogP contribution in [0, 0.1) is 0 Å². The van der Waals surface area contributed by atoms with Crippen molar-refractivity contribution in [3.8, 4) is 5.75 Å². The van der Waals surface area contributed by atoms with E-state index in [4.69, 9.17) is 27.9 Å². The number of nitrogens with one attached hydrogen (secondary N) is 1. The molecule has 2 aromatic rings. The van der Waals surface area contributed by atoms with Crippen LogP contribution in [0.3, 0.4) is 0 Å². The average Bonchev–Trinajstić information content (AvgIpc) is 3.36. The fourth-order valence-electron chi connectivity index (χ4n) is 2.56. The number of halogens is 2. The van der Waals surface area contributed by atoms with Gasteiger partial charge in [0.2, 0.25) is 5.91 Å². The molecule has 146 valence electrons. The van der Waals surface area contributed by atoms with E-state index in [-0.39, 0.29) is 5.91 Å². The molecule has 1 amide bonds. The summed E-state index contributed by atoms with van der Waals surface area (Å²) in [5.41, 5.74) is 0. The molecule has 0 bridgehead atoms. The zero-order valence-corrected chi connectivity index (χ0v) is 17.4. The third-order valence-corrected chi connectivity index (χ3v) is 5.58. The van der Waals surface area contributed by atoms with Crippen LogP contribution in [0.5, 0.6) is 5.75 Å². The molecule has 1 saturated carbocycles. The SMILES string of the molecule is CCn1c(CCCOc2ccc(Cl)cc2Cl)nnc1SCC(=O)NC1CC1. The van der Waals surface area contributed by atoms with Crippen molar-refractivity contribution in [2.45, 2.75) is 50.4 Å². The highest BCUT2D eigenvalue weighted by molar-refractivity contribution is 7.99. The highest BCUT2D eigenvalue weighted by Crippen LogP contribution is 2.27. The van der Waals surface area contributed by atoms with Crippen molar-refractivity contribution in [3.63, 3.8) is 0 Å². The van der Waals surface area contributed by atoms with Gasteiger partial charge in [0.25, 0.3) is 0 Å². The summed E-state index contributed by atoms with van der Waals surface area (Å²) in [6, 6.07) is 5.56. The van der Waals surface area contributed by atoms with Crippen molar-refractivity contribution in [2.75, 3.05) is 12.4 Å². The maximum atomic E-state index is 11.8. The summed E-state index contributed by atoms with van der Waals surface area (Å²) < 4.78 is 7.76. The number of aryl methyl sites for hydroxylation is 1. The molecule has 0 radical (unpaired) electrons. The van der Waals surface area contributed by atoms with E-state index in [2.05, 4.69) is 15.5 Å². The Morgan fingerprint density at radius 2 is 2.19 bits per heavy atom. The number of hydrogen-bond acceptors (Lipinski definition) is 5. The van der Waals surface area contributed by atoms with Gasteiger partial charge >= 0.3 is 0 Å². The third-order valence-electron chi connectivity index (χ3n) is 4.08. The monoisotopic (exact) mass is 428 g/mol. The molecule has 1 fully saturated rings. The van der Waals surface area contributed by atoms with Gasteiger partial charge in [-0.2, -0.15) is 0 Å². The quantitative estimate of drug-likeness (QED) is 0.457. The Hall–Kier alpha value is -1.44. The number of carbonyl (C=O) groups is 1. The van der Waals surface area contributed by atoms with Crippen LogP contribution in [0.4, 0.5) is 0 Å². The van der Waals surface area contributed by atoms with Crippen LogP contribution in [0.15, 0.2) is 23.4 Å². The number of amides is 1. The van der Waals surface area contributed by atoms with E-state index >= 15 is 0 Å². The van der Waals surface area contributed by atoms with Gasteiger partial charge in [-0.15, -0.1) is 10.2 Å². The number of aromatic nitrogens is 3. The molecule has 1 aromatic heterocycles. The van der Waals surface area contributed by atoms with Crippen molar-refractivity contribution in [3.05, 3.63) is 34.1 Å². The standard InChI is InChI=1S/C18H22Cl2N4O2S/c1-2-24-16(4-3-9-26-15-8-5-12(19)10-14(15)20)22-23-18(24)27-11-17(25)21-13-6-7-13/h5,8,10,13H,2-4,6-7,9,11H2,1H3,(H,21,25). The topological polar surface area (TPSA) is 69.0 Å². The summed E-state index contributed by atoms with van der Waals surface area (Å²) in [5, 5.41) is 13.4. The van der Waals surface area contributed by atoms with E-state index in [1.54, 1.807) is 18.2 Å². The van der Waals surface area contributed by atoms with Crippen LogP contribution in [-0.2, 0) is 17.8 Å². The molecule has 0 aliphatic heterocycles. The van der Waals surface area contributed by atoms with E-state index in [0.717, 1.165) is 43.2 Å². The fraction of sp³-hybridized carbons (Fsp3) is 0.500. The second-order valence-electron chi connectivity index (χ2n) is 6.30. The second-order valence-corrected chi connectivity index (χ2v) is 8.09. The zero-order valence-electron chi connectivity index (χ0n) is 15.1. The summed E-state index contributed by atoms with van der Waals surface area (Å²) in [4.78, 5) is 11.8. The van der Waals surface area contributed by atoms with Crippen molar-refractivity contribution in [1.82, 2.24) is 20.1 Å². The van der Waals surface area contributed by atoms with Crippen molar-refractivity contribution >= 4 is 40.9 Å². The predicted molar refractivity (Wildman–Crippen MR) is 108 cm³/mol. The van der Waals surface area contributed by atoms with Gasteiger partial charge in [0.05, 0.1) is 17.4 Å². The van der Waals surface area contributed by atoms with Crippen molar-refractivity contribution < 1.29 is 9.53 Å². The molecule has 1 aliphatic carbocycles. The van der Waals surface area contributed by atoms with Crippen molar-refractivity contribution in [2.24, 2.45) is 0 Å². The third kappa shape index (κ3) is 6.02. The lowest BCUT2D eigenvalue weighted by Gasteiger charge is -2.09. The number of benzene rings is 1. The zero-order chi connectivity index (χ0) is 19.2. The Morgan fingerprint density at radius 1 is 1.37 bits per heavy atom. The summed E-state index contributed by atoms with van der Waals surface area (Å²) in [6.07, 6.45) is 3.70. The lowest BCUT2D eigenvalue weighted by Crippen LogP contribution is -2.27. The second kappa shape index (κ2) is 9.66. The summed E-state index contributed by atoms with van der Waals surface area (Å²) in [7, 11) is 0. The number of ether oxygens (including phenoxy) is 1. The Kier molecular flexibility index (Phi) is 7.26. The number of hydrogen-bond donors (Lipinski definition) is 1. The van der Waals surface area contributed by atoms with Gasteiger partial charge in [-0.25, -0.2) is 0 Å². The highest BCUT2D eigenvalue weighted by atomic mass is 35.5. The van der Waals surface area contributed by atoms with E-state index in [0.29, 0.717) is 34.2 Å². The molecule has 0 spiro atoms. The number of nitrogens with zero attached hydrogens (tertiary/aromatic N) is 3. The van der Waals surface area contributed by atoms with E-state index in [9.17, 15) is 4.79 Å². The molecule has 1 aliphatic rings. The van der Waals surface area contributed by atoms with Gasteiger partial charge in [0.1, 0.15) is 11.6 Å². The van der Waals surface area contributed by atoms with Gasteiger partial charge in [0.15, 0.2) is 5.16 Å².